The molecular formula is C22H22N4O5S. The summed E-state index contributed by atoms with van der Waals surface area (Å²) in [5.41, 5.74) is 2.56. The van der Waals surface area contributed by atoms with Crippen LogP contribution in [0.1, 0.15) is 5.56 Å². The fourth-order valence-corrected chi connectivity index (χ4v) is 5.99. The molecule has 0 saturated carbocycles. The second kappa shape index (κ2) is 7.35. The highest BCUT2D eigenvalue weighted by Gasteiger charge is 2.42. The molecule has 2 aliphatic heterocycles. The van der Waals surface area contributed by atoms with Gasteiger partial charge in [0.15, 0.2) is 4.91 Å². The first-order valence-corrected chi connectivity index (χ1v) is 11.7. The Labute approximate surface area is 184 Å². The summed E-state index contributed by atoms with van der Waals surface area (Å²) in [6.45, 7) is 1.40. The zero-order chi connectivity index (χ0) is 22.6. The van der Waals surface area contributed by atoms with Crippen LogP contribution in [0, 0.1) is 0 Å². The van der Waals surface area contributed by atoms with E-state index < -0.39 is 15.7 Å². The van der Waals surface area contributed by atoms with Crippen LogP contribution >= 0.6 is 0 Å². The smallest absolute Gasteiger partial charge is 0.328 e. The molecular weight excluding hydrogens is 432 g/mol. The number of rotatable bonds is 3. The predicted octanol–water partition coefficient (Wildman–Crippen LogP) is 1.30. The highest BCUT2D eigenvalue weighted by Crippen LogP contribution is 2.40. The van der Waals surface area contributed by atoms with Crippen molar-refractivity contribution < 1.29 is 17.9 Å². The summed E-state index contributed by atoms with van der Waals surface area (Å²) < 4.78 is 35.1. The van der Waals surface area contributed by atoms with Crippen molar-refractivity contribution in [2.45, 2.75) is 4.90 Å². The summed E-state index contributed by atoms with van der Waals surface area (Å²) in [5.74, 6) is -0.541. The van der Waals surface area contributed by atoms with Crippen LogP contribution < -0.4 is 11.0 Å². The summed E-state index contributed by atoms with van der Waals surface area (Å²) in [6, 6.07) is 11.9. The molecule has 3 heterocycles. The SMILES string of the molecule is Cn1c(=O)n(C)c2cc(NC3=C(C(=O)N4CCOCC4)S(=O)(=O)c4ccccc43)ccc21. The summed E-state index contributed by atoms with van der Waals surface area (Å²) >= 11 is 0. The van der Waals surface area contributed by atoms with Crippen LogP contribution in [0.25, 0.3) is 16.7 Å². The standard InChI is InChI=1S/C22H22N4O5S/c1-24-16-8-7-14(13-17(16)25(2)22(24)28)23-19-15-5-3-4-6-18(15)32(29,30)20(19)21(27)26-9-11-31-12-10-26/h3-8,13,23H,9-12H2,1-2H3. The maximum absolute atomic E-state index is 13.4. The highest BCUT2D eigenvalue weighted by atomic mass is 32.2. The molecule has 2 aromatic carbocycles. The molecule has 1 amide bonds. The molecule has 0 bridgehead atoms. The molecule has 10 heteroatoms. The number of hydrogen-bond acceptors (Lipinski definition) is 6. The average molecular weight is 455 g/mol. The molecule has 5 rings (SSSR count). The Balaban J connectivity index is 1.66. The molecule has 1 saturated heterocycles. The lowest BCUT2D eigenvalue weighted by Crippen LogP contribution is -2.42. The van der Waals surface area contributed by atoms with Crippen molar-refractivity contribution in [3.63, 3.8) is 0 Å². The number of carbonyl (C=O) groups is 1. The van der Waals surface area contributed by atoms with Crippen molar-refractivity contribution in [2.75, 3.05) is 31.6 Å². The fourth-order valence-electron chi connectivity index (χ4n) is 4.26. The molecule has 2 aliphatic rings. The number of carbonyl (C=O) groups excluding carboxylic acids is 1. The Kier molecular flexibility index (Phi) is 4.72. The molecule has 3 aromatic rings. The molecule has 0 unspecified atom stereocenters. The number of aromatic nitrogens is 2. The van der Waals surface area contributed by atoms with Gasteiger partial charge in [-0.15, -0.1) is 0 Å². The fraction of sp³-hybridized carbons (Fsp3) is 0.273. The monoisotopic (exact) mass is 454 g/mol. The molecule has 0 atom stereocenters. The van der Waals surface area contributed by atoms with Gasteiger partial charge in [-0.05, 0) is 24.3 Å². The van der Waals surface area contributed by atoms with Crippen LogP contribution in [0.5, 0.6) is 0 Å². The van der Waals surface area contributed by atoms with Gasteiger partial charge in [0.1, 0.15) is 0 Å². The summed E-state index contributed by atoms with van der Waals surface area (Å²) in [6.07, 6.45) is 0. The minimum Gasteiger partial charge on any atom is -0.378 e. The third-order valence-corrected chi connectivity index (χ3v) is 7.83. The summed E-state index contributed by atoms with van der Waals surface area (Å²) in [5, 5.41) is 3.17. The minimum atomic E-state index is -3.99. The van der Waals surface area contributed by atoms with E-state index in [2.05, 4.69) is 5.32 Å². The zero-order valence-corrected chi connectivity index (χ0v) is 18.5. The van der Waals surface area contributed by atoms with E-state index in [-0.39, 0.29) is 21.2 Å². The molecule has 1 fully saturated rings. The largest absolute Gasteiger partial charge is 0.378 e. The van der Waals surface area contributed by atoms with E-state index in [1.165, 1.54) is 15.5 Å². The van der Waals surface area contributed by atoms with Crippen LogP contribution in [0.4, 0.5) is 5.69 Å². The van der Waals surface area contributed by atoms with E-state index in [4.69, 9.17) is 4.74 Å². The average Bonchev–Trinajstić information content (AvgIpc) is 3.16. The number of hydrogen-bond donors (Lipinski definition) is 1. The Bertz CT molecular complexity index is 1460. The van der Waals surface area contributed by atoms with E-state index in [1.54, 1.807) is 55.1 Å². The molecule has 0 radical (unpaired) electrons. The number of nitrogens with zero attached hydrogens (tertiary/aromatic N) is 3. The van der Waals surface area contributed by atoms with Crippen LogP contribution in [0.15, 0.2) is 57.1 Å². The van der Waals surface area contributed by atoms with Crippen molar-refractivity contribution in [1.29, 1.82) is 0 Å². The maximum Gasteiger partial charge on any atom is 0.328 e. The van der Waals surface area contributed by atoms with Gasteiger partial charge in [-0.3, -0.25) is 13.9 Å². The van der Waals surface area contributed by atoms with E-state index in [0.717, 1.165) is 5.52 Å². The normalized spacial score (nSPS) is 17.6. The molecule has 1 aromatic heterocycles. The Hall–Kier alpha value is -3.37. The maximum atomic E-state index is 13.4. The Morgan fingerprint density at radius 3 is 2.44 bits per heavy atom. The lowest BCUT2D eigenvalue weighted by molar-refractivity contribution is -0.130. The Morgan fingerprint density at radius 1 is 1.00 bits per heavy atom. The van der Waals surface area contributed by atoms with Gasteiger partial charge in [0.2, 0.25) is 9.84 Å². The number of morpholine rings is 1. The number of ether oxygens (including phenoxy) is 1. The third kappa shape index (κ3) is 2.98. The number of nitrogens with one attached hydrogen (secondary N) is 1. The van der Waals surface area contributed by atoms with Crippen molar-refractivity contribution in [3.05, 3.63) is 63.4 Å². The van der Waals surface area contributed by atoms with Gasteiger partial charge in [0, 0.05) is 38.4 Å². The molecule has 0 spiro atoms. The highest BCUT2D eigenvalue weighted by molar-refractivity contribution is 7.97. The molecule has 9 nitrogen and oxygen atoms in total. The van der Waals surface area contributed by atoms with Gasteiger partial charge >= 0.3 is 5.69 Å². The van der Waals surface area contributed by atoms with Crippen LogP contribution in [-0.4, -0.2) is 54.7 Å². The van der Waals surface area contributed by atoms with Gasteiger partial charge in [-0.2, -0.15) is 0 Å². The van der Waals surface area contributed by atoms with Crippen molar-refractivity contribution in [3.8, 4) is 0 Å². The second-order valence-electron chi connectivity index (χ2n) is 7.84. The summed E-state index contributed by atoms with van der Waals surface area (Å²) in [7, 11) is -0.621. The van der Waals surface area contributed by atoms with Gasteiger partial charge in [-0.25, -0.2) is 13.2 Å². The molecule has 1 N–H and O–H groups in total. The first-order chi connectivity index (χ1) is 15.3. The topological polar surface area (TPSA) is 103 Å². The number of sulfone groups is 1. The lowest BCUT2D eigenvalue weighted by atomic mass is 10.1. The van der Waals surface area contributed by atoms with Gasteiger partial charge in [-0.1, -0.05) is 18.2 Å². The van der Waals surface area contributed by atoms with Gasteiger partial charge < -0.3 is 15.0 Å². The van der Waals surface area contributed by atoms with Crippen molar-refractivity contribution in [2.24, 2.45) is 14.1 Å². The third-order valence-electron chi connectivity index (χ3n) is 5.98. The zero-order valence-electron chi connectivity index (χ0n) is 17.7. The Morgan fingerprint density at radius 2 is 1.69 bits per heavy atom. The van der Waals surface area contributed by atoms with Crippen LogP contribution in [-0.2, 0) is 33.5 Å². The van der Waals surface area contributed by atoms with Crippen molar-refractivity contribution in [1.82, 2.24) is 14.0 Å². The van der Waals surface area contributed by atoms with Gasteiger partial charge in [0.05, 0.1) is 34.8 Å². The van der Waals surface area contributed by atoms with E-state index >= 15 is 0 Å². The summed E-state index contributed by atoms with van der Waals surface area (Å²) in [4.78, 5) is 27.0. The van der Waals surface area contributed by atoms with E-state index in [9.17, 15) is 18.0 Å². The number of amides is 1. The van der Waals surface area contributed by atoms with Crippen LogP contribution in [0.3, 0.4) is 0 Å². The molecule has 0 aliphatic carbocycles. The van der Waals surface area contributed by atoms with E-state index in [0.29, 0.717) is 43.1 Å². The predicted molar refractivity (Wildman–Crippen MR) is 120 cm³/mol. The number of benzene rings is 2. The van der Waals surface area contributed by atoms with E-state index in [1.807, 2.05) is 0 Å². The number of imidazole rings is 1. The minimum absolute atomic E-state index is 0.104. The first-order valence-electron chi connectivity index (χ1n) is 10.2. The number of anilines is 1. The molecule has 32 heavy (non-hydrogen) atoms. The van der Waals surface area contributed by atoms with Gasteiger partial charge in [0.25, 0.3) is 5.91 Å². The molecule has 166 valence electrons. The first kappa shape index (κ1) is 20.5. The number of fused-ring (bicyclic) bond motifs is 2. The van der Waals surface area contributed by atoms with Crippen LogP contribution in [0.2, 0.25) is 0 Å². The van der Waals surface area contributed by atoms with Crippen molar-refractivity contribution >= 4 is 38.2 Å². The number of aryl methyl sites for hydroxylation is 2. The lowest BCUT2D eigenvalue weighted by Gasteiger charge is -2.27. The quantitative estimate of drug-likeness (QED) is 0.640. The second-order valence-corrected chi connectivity index (χ2v) is 9.69.